The number of benzene rings is 1. The molecule has 1 unspecified atom stereocenters. The van der Waals surface area contributed by atoms with Crippen LogP contribution in [0.25, 0.3) is 0 Å². The van der Waals surface area contributed by atoms with Gasteiger partial charge in [-0.2, -0.15) is 0 Å². The van der Waals surface area contributed by atoms with Crippen LogP contribution in [0.3, 0.4) is 0 Å². The zero-order valence-electron chi connectivity index (χ0n) is 11.3. The van der Waals surface area contributed by atoms with Crippen LogP contribution in [-0.4, -0.2) is 25.1 Å². The highest BCUT2D eigenvalue weighted by atomic mass is 35.5. The quantitative estimate of drug-likeness (QED) is 0.851. The lowest BCUT2D eigenvalue weighted by atomic mass is 9.89. The molecule has 1 N–H and O–H groups in total. The maximum Gasteiger partial charge on any atom is 0.122 e. The van der Waals surface area contributed by atoms with Gasteiger partial charge in [-0.1, -0.05) is 18.2 Å². The third kappa shape index (κ3) is 3.24. The molecule has 1 fully saturated rings. The molecule has 1 aliphatic heterocycles. The van der Waals surface area contributed by atoms with Crippen molar-refractivity contribution >= 4 is 11.6 Å². The second-order valence-corrected chi connectivity index (χ2v) is 6.44. The molecule has 104 valence electrons. The van der Waals surface area contributed by atoms with Crippen molar-refractivity contribution in [1.82, 2.24) is 5.32 Å². The number of halogens is 1. The Balaban J connectivity index is 1.44. The summed E-state index contributed by atoms with van der Waals surface area (Å²) in [7, 11) is 0. The van der Waals surface area contributed by atoms with Crippen LogP contribution in [0.5, 0.6) is 5.75 Å². The largest absolute Gasteiger partial charge is 0.493 e. The van der Waals surface area contributed by atoms with E-state index in [1.807, 2.05) is 6.07 Å². The van der Waals surface area contributed by atoms with Crippen molar-refractivity contribution in [2.45, 2.75) is 37.0 Å². The van der Waals surface area contributed by atoms with Gasteiger partial charge in [-0.05, 0) is 44.2 Å². The average Bonchev–Trinajstić information content (AvgIpc) is 2.85. The molecule has 1 aliphatic carbocycles. The highest BCUT2D eigenvalue weighted by Crippen LogP contribution is 2.33. The molecule has 2 nitrogen and oxygen atoms in total. The van der Waals surface area contributed by atoms with E-state index in [0.29, 0.717) is 11.3 Å². The lowest BCUT2D eigenvalue weighted by Crippen LogP contribution is -2.30. The predicted octanol–water partition coefficient (Wildman–Crippen LogP) is 3.55. The smallest absolute Gasteiger partial charge is 0.122 e. The highest BCUT2D eigenvalue weighted by Gasteiger charge is 2.24. The van der Waals surface area contributed by atoms with Gasteiger partial charge < -0.3 is 10.1 Å². The molecule has 1 heterocycles. The Kier molecular flexibility index (Phi) is 4.29. The Morgan fingerprint density at radius 1 is 1.11 bits per heavy atom. The fraction of sp³-hybridized carbons (Fsp3) is 0.625. The molecule has 1 saturated carbocycles. The fourth-order valence-electron chi connectivity index (χ4n) is 3.19. The SMILES string of the molecule is ClC1CCC(CNCC2COc3ccccc32)CC1. The van der Waals surface area contributed by atoms with E-state index in [9.17, 15) is 0 Å². The van der Waals surface area contributed by atoms with E-state index >= 15 is 0 Å². The number of nitrogens with one attached hydrogen (secondary N) is 1. The molecule has 0 aromatic heterocycles. The monoisotopic (exact) mass is 279 g/mol. The van der Waals surface area contributed by atoms with Crippen LogP contribution < -0.4 is 10.1 Å². The summed E-state index contributed by atoms with van der Waals surface area (Å²) < 4.78 is 5.71. The number of alkyl halides is 1. The summed E-state index contributed by atoms with van der Waals surface area (Å²) in [5.41, 5.74) is 1.36. The van der Waals surface area contributed by atoms with Crippen molar-refractivity contribution < 1.29 is 4.74 Å². The lowest BCUT2D eigenvalue weighted by molar-refractivity contribution is 0.312. The molecule has 0 bridgehead atoms. The van der Waals surface area contributed by atoms with Gasteiger partial charge >= 0.3 is 0 Å². The minimum absolute atomic E-state index is 0.423. The summed E-state index contributed by atoms with van der Waals surface area (Å²) in [5.74, 6) is 2.39. The number of fused-ring (bicyclic) bond motifs is 1. The second kappa shape index (κ2) is 6.15. The minimum atomic E-state index is 0.423. The summed E-state index contributed by atoms with van der Waals surface area (Å²) in [6, 6.07) is 8.39. The van der Waals surface area contributed by atoms with Crippen molar-refractivity contribution in [3.05, 3.63) is 29.8 Å². The van der Waals surface area contributed by atoms with Crippen molar-refractivity contribution in [3.63, 3.8) is 0 Å². The number of hydrogen-bond acceptors (Lipinski definition) is 2. The fourth-order valence-corrected chi connectivity index (χ4v) is 3.44. The molecule has 2 aliphatic rings. The summed E-state index contributed by atoms with van der Waals surface area (Å²) in [5, 5.41) is 4.05. The van der Waals surface area contributed by atoms with E-state index < -0.39 is 0 Å². The van der Waals surface area contributed by atoms with Crippen LogP contribution in [0, 0.1) is 5.92 Å². The third-order valence-corrected chi connectivity index (χ3v) is 4.84. The maximum absolute atomic E-state index is 6.14. The number of hydrogen-bond donors (Lipinski definition) is 1. The number of para-hydroxylation sites is 1. The van der Waals surface area contributed by atoms with Crippen molar-refractivity contribution in [2.24, 2.45) is 5.92 Å². The summed E-state index contributed by atoms with van der Waals surface area (Å²) in [4.78, 5) is 0. The highest BCUT2D eigenvalue weighted by molar-refractivity contribution is 6.20. The maximum atomic E-state index is 6.14. The van der Waals surface area contributed by atoms with Gasteiger partial charge in [0.25, 0.3) is 0 Å². The molecule has 3 heteroatoms. The Morgan fingerprint density at radius 3 is 2.74 bits per heavy atom. The Morgan fingerprint density at radius 2 is 1.89 bits per heavy atom. The Labute approximate surface area is 120 Å². The van der Waals surface area contributed by atoms with Gasteiger partial charge in [-0.15, -0.1) is 11.6 Å². The van der Waals surface area contributed by atoms with E-state index in [1.165, 1.54) is 31.2 Å². The Hall–Kier alpha value is -0.730. The van der Waals surface area contributed by atoms with Gasteiger partial charge in [0, 0.05) is 23.4 Å². The standard InChI is InChI=1S/C16H22ClNO/c17-14-7-5-12(6-8-14)9-18-10-13-11-19-16-4-2-1-3-15(13)16/h1-4,12-14,18H,5-11H2. The first kappa shape index (κ1) is 13.3. The van der Waals surface area contributed by atoms with Gasteiger partial charge in [0.05, 0.1) is 6.61 Å². The minimum Gasteiger partial charge on any atom is -0.493 e. The Bertz CT molecular complexity index is 415. The molecule has 0 radical (unpaired) electrons. The van der Waals surface area contributed by atoms with Crippen LogP contribution in [-0.2, 0) is 0 Å². The van der Waals surface area contributed by atoms with Gasteiger partial charge in [-0.3, -0.25) is 0 Å². The van der Waals surface area contributed by atoms with Crippen molar-refractivity contribution in [2.75, 3.05) is 19.7 Å². The lowest BCUT2D eigenvalue weighted by Gasteiger charge is -2.25. The van der Waals surface area contributed by atoms with Crippen LogP contribution in [0.2, 0.25) is 0 Å². The molecule has 0 spiro atoms. The van der Waals surface area contributed by atoms with E-state index in [-0.39, 0.29) is 0 Å². The van der Waals surface area contributed by atoms with E-state index in [0.717, 1.165) is 31.4 Å². The van der Waals surface area contributed by atoms with Crippen molar-refractivity contribution in [3.8, 4) is 5.75 Å². The second-order valence-electron chi connectivity index (χ2n) is 5.82. The van der Waals surface area contributed by atoms with Gasteiger partial charge in [0.1, 0.15) is 5.75 Å². The van der Waals surface area contributed by atoms with Crippen LogP contribution >= 0.6 is 11.6 Å². The van der Waals surface area contributed by atoms with Crippen LogP contribution in [0.15, 0.2) is 24.3 Å². The first-order valence-corrected chi connectivity index (χ1v) is 7.83. The topological polar surface area (TPSA) is 21.3 Å². The van der Waals surface area contributed by atoms with Crippen LogP contribution in [0.4, 0.5) is 0 Å². The number of rotatable bonds is 4. The molecule has 1 aromatic rings. The molecular formula is C16H22ClNO. The first-order chi connectivity index (χ1) is 9.33. The number of ether oxygens (including phenoxy) is 1. The van der Waals surface area contributed by atoms with E-state index in [1.54, 1.807) is 0 Å². The zero-order chi connectivity index (χ0) is 13.1. The molecule has 1 atom stereocenters. The predicted molar refractivity (Wildman–Crippen MR) is 79.1 cm³/mol. The molecule has 0 saturated heterocycles. The molecule has 19 heavy (non-hydrogen) atoms. The molecule has 3 rings (SSSR count). The van der Waals surface area contributed by atoms with E-state index in [4.69, 9.17) is 16.3 Å². The van der Waals surface area contributed by atoms with Gasteiger partial charge in [0.15, 0.2) is 0 Å². The zero-order valence-corrected chi connectivity index (χ0v) is 12.0. The van der Waals surface area contributed by atoms with Crippen LogP contribution in [0.1, 0.15) is 37.2 Å². The molecular weight excluding hydrogens is 258 g/mol. The molecule has 0 amide bonds. The summed E-state index contributed by atoms with van der Waals surface area (Å²) >= 11 is 6.14. The van der Waals surface area contributed by atoms with Gasteiger partial charge in [0.2, 0.25) is 0 Å². The first-order valence-electron chi connectivity index (χ1n) is 7.39. The van der Waals surface area contributed by atoms with E-state index in [2.05, 4.69) is 23.5 Å². The average molecular weight is 280 g/mol. The summed E-state index contributed by atoms with van der Waals surface area (Å²) in [6.45, 7) is 2.97. The normalized spacial score (nSPS) is 29.8. The molecule has 1 aromatic carbocycles. The van der Waals surface area contributed by atoms with Gasteiger partial charge in [-0.25, -0.2) is 0 Å². The third-order valence-electron chi connectivity index (χ3n) is 4.40. The van der Waals surface area contributed by atoms with Crippen molar-refractivity contribution in [1.29, 1.82) is 0 Å². The summed E-state index contributed by atoms with van der Waals surface area (Å²) in [6.07, 6.45) is 4.92.